The molecular formula is C70H96N10O8. The van der Waals surface area contributed by atoms with Crippen LogP contribution in [0.1, 0.15) is 149 Å². The van der Waals surface area contributed by atoms with Gasteiger partial charge in [0.1, 0.15) is 24.2 Å². The number of likely N-dealkylation sites (N-methyl/N-ethyl adjacent to an activating group) is 2. The molecule has 4 aliphatic rings. The number of carbonyl (C=O) groups excluding carboxylic acids is 8. The average Bonchev–Trinajstić information content (AvgIpc) is 4.06. The highest BCUT2D eigenvalue weighted by Gasteiger charge is 2.42. The Morgan fingerprint density at radius 1 is 0.432 bits per heavy atom. The van der Waals surface area contributed by atoms with Gasteiger partial charge in [0.25, 0.3) is 11.8 Å². The lowest BCUT2D eigenvalue weighted by molar-refractivity contribution is -0.141. The molecule has 0 radical (unpaired) electrons. The van der Waals surface area contributed by atoms with Crippen LogP contribution in [0.5, 0.6) is 0 Å². The molecule has 88 heavy (non-hydrogen) atoms. The van der Waals surface area contributed by atoms with Crippen LogP contribution in [0.15, 0.2) is 109 Å². The Kier molecular flexibility index (Phi) is 24.7. The van der Waals surface area contributed by atoms with Crippen LogP contribution in [-0.4, -0.2) is 169 Å². The van der Waals surface area contributed by atoms with E-state index in [0.717, 1.165) is 99.3 Å². The number of likely N-dealkylation sites (tertiary alicyclic amines) is 2. The fraction of sp³-hybridized carbons (Fsp3) is 0.543. The van der Waals surface area contributed by atoms with E-state index in [1.807, 2.05) is 94.7 Å². The first-order chi connectivity index (χ1) is 42.5. The molecule has 2 saturated heterocycles. The van der Waals surface area contributed by atoms with E-state index in [1.165, 1.54) is 0 Å². The second kappa shape index (κ2) is 32.7. The third-order valence-electron chi connectivity index (χ3n) is 18.9. The van der Waals surface area contributed by atoms with Gasteiger partial charge in [-0.3, -0.25) is 38.4 Å². The van der Waals surface area contributed by atoms with Gasteiger partial charge in [-0.15, -0.1) is 0 Å². The maximum absolute atomic E-state index is 14.6. The first-order valence-corrected chi connectivity index (χ1v) is 32.6. The van der Waals surface area contributed by atoms with Gasteiger partial charge in [0.15, 0.2) is 0 Å². The number of nitrogens with zero attached hydrogens (tertiary/aromatic N) is 4. The number of benzene rings is 4. The summed E-state index contributed by atoms with van der Waals surface area (Å²) in [6, 6.07) is 29.5. The van der Waals surface area contributed by atoms with Crippen molar-refractivity contribution < 1.29 is 38.4 Å². The number of hydrogen-bond acceptors (Lipinski definition) is 10. The molecule has 8 atom stereocenters. The van der Waals surface area contributed by atoms with Crippen molar-refractivity contribution in [3.8, 4) is 11.1 Å². The van der Waals surface area contributed by atoms with Crippen molar-refractivity contribution in [2.75, 3.05) is 53.4 Å². The third-order valence-corrected chi connectivity index (χ3v) is 18.9. The summed E-state index contributed by atoms with van der Waals surface area (Å²) >= 11 is 0. The van der Waals surface area contributed by atoms with E-state index in [2.05, 4.69) is 31.9 Å². The van der Waals surface area contributed by atoms with Gasteiger partial charge in [0.05, 0.1) is 12.1 Å². The highest BCUT2D eigenvalue weighted by atomic mass is 16.2. The summed E-state index contributed by atoms with van der Waals surface area (Å²) in [7, 11) is 3.45. The van der Waals surface area contributed by atoms with Crippen molar-refractivity contribution in [2.24, 2.45) is 11.8 Å². The molecule has 8 amide bonds. The largest absolute Gasteiger partial charge is 0.343 e. The maximum atomic E-state index is 14.6. The molecule has 2 aliphatic carbocycles. The molecule has 18 heteroatoms. The van der Waals surface area contributed by atoms with Crippen LogP contribution in [0.4, 0.5) is 0 Å². The number of nitrogens with one attached hydrogen (secondary N) is 6. The van der Waals surface area contributed by atoms with Crippen LogP contribution in [0, 0.1) is 11.8 Å². The minimum Gasteiger partial charge on any atom is -0.343 e. The van der Waals surface area contributed by atoms with Gasteiger partial charge in [-0.25, -0.2) is 0 Å². The van der Waals surface area contributed by atoms with Crippen molar-refractivity contribution in [3.05, 3.63) is 131 Å². The molecule has 8 rings (SSSR count). The summed E-state index contributed by atoms with van der Waals surface area (Å²) in [4.78, 5) is 120. The topological polar surface area (TPSA) is 222 Å². The Morgan fingerprint density at radius 2 is 0.784 bits per heavy atom. The molecule has 4 aromatic carbocycles. The maximum Gasteiger partial charge on any atom is 0.251 e. The van der Waals surface area contributed by atoms with Crippen molar-refractivity contribution in [1.29, 1.82) is 0 Å². The smallest absolute Gasteiger partial charge is 0.251 e. The van der Waals surface area contributed by atoms with E-state index < -0.39 is 48.1 Å². The van der Waals surface area contributed by atoms with E-state index in [4.69, 9.17) is 0 Å². The molecule has 6 N–H and O–H groups in total. The molecular weight excluding hydrogens is 1110 g/mol. The quantitative estimate of drug-likeness (QED) is 0.0357. The third kappa shape index (κ3) is 17.9. The molecule has 4 aromatic rings. The molecule has 0 unspecified atom stereocenters. The summed E-state index contributed by atoms with van der Waals surface area (Å²) < 4.78 is 0. The van der Waals surface area contributed by atoms with Gasteiger partial charge < -0.3 is 51.5 Å². The predicted molar refractivity (Wildman–Crippen MR) is 343 cm³/mol. The molecule has 0 aromatic heterocycles. The predicted octanol–water partition coefficient (Wildman–Crippen LogP) is 7.06. The molecule has 2 heterocycles. The normalized spacial score (nSPS) is 19.3. The van der Waals surface area contributed by atoms with Crippen LogP contribution in [0.3, 0.4) is 0 Å². The van der Waals surface area contributed by atoms with Gasteiger partial charge in [-0.05, 0) is 164 Å². The number of rotatable bonds is 27. The number of carbonyl (C=O) groups is 8. The summed E-state index contributed by atoms with van der Waals surface area (Å²) in [5.41, 5.74) is 4.45. The zero-order valence-corrected chi connectivity index (χ0v) is 52.8. The minimum absolute atomic E-state index is 0.0431. The van der Waals surface area contributed by atoms with Crippen LogP contribution in [0.25, 0.3) is 11.1 Å². The first-order valence-electron chi connectivity index (χ1n) is 32.6. The molecule has 18 nitrogen and oxygen atoms in total. The summed E-state index contributed by atoms with van der Waals surface area (Å²) in [6.45, 7) is 9.39. The van der Waals surface area contributed by atoms with Crippen LogP contribution >= 0.6 is 0 Å². The molecule has 4 fully saturated rings. The van der Waals surface area contributed by atoms with Crippen LogP contribution in [-0.2, 0) is 41.6 Å². The lowest BCUT2D eigenvalue weighted by atomic mass is 9.83. The Bertz CT molecular complexity index is 2750. The first kappa shape index (κ1) is 66.5. The highest BCUT2D eigenvalue weighted by Crippen LogP contribution is 2.32. The zero-order chi connectivity index (χ0) is 62.7. The fourth-order valence-corrected chi connectivity index (χ4v) is 13.3. The van der Waals surface area contributed by atoms with Crippen LogP contribution in [0.2, 0.25) is 0 Å². The summed E-state index contributed by atoms with van der Waals surface area (Å²) in [6.07, 6.45) is 14.0. The average molecular weight is 1210 g/mol. The Labute approximate surface area is 521 Å². The standard InChI is InChI=1S/C70H96N10O8/c1-47(71-5)63(81)75-61(55-25-15-9-16-26-55)69(87)79-41-19-29-59(79)45-77(43-39-51-21-11-7-12-22-51)67(85)49(3)73-65(83)57-35-31-53(32-36-57)54-33-37-58(38-34-54)66(84)74-50(4)68(86)78(44-40-52-23-13-8-14-24-52)46-60-30-20-42-80(60)70(88)62(56-27-17-10-18-28-56)76-64(82)48(2)72-6/h7-8,11-14,21-24,31-38,47-50,55-56,59-62,71-72H,9-10,15-20,25-30,39-46H2,1-6H3,(H,73,83)(H,74,84)(H,75,81)(H,76,82)/t47-,48-,49+,50+,59+,60+,61-,62-/m0/s1. The van der Waals surface area contributed by atoms with Crippen LogP contribution < -0.4 is 31.9 Å². The van der Waals surface area contributed by atoms with E-state index in [9.17, 15) is 38.4 Å². The Morgan fingerprint density at radius 3 is 1.12 bits per heavy atom. The number of hydrogen-bond donors (Lipinski definition) is 6. The lowest BCUT2D eigenvalue weighted by Crippen LogP contribution is -2.58. The molecule has 474 valence electrons. The summed E-state index contributed by atoms with van der Waals surface area (Å²) in [5.74, 6) is -1.85. The Balaban J connectivity index is 0.887. The SMILES string of the molecule is CN[C@@H](C)C(=O)N[C@H](C(=O)N1CCC[C@@H]1CN(CCc1ccccc1)C(=O)[C@@H](C)NC(=O)c1ccc(-c2ccc(C(=O)N[C@H](C)C(=O)N(CCc3ccccc3)C[C@H]3CCCN3C(=O)[C@@H](NC(=O)[C@H](C)NC)C3CCCCC3)cc2)cc1)C1CCCCC1. The summed E-state index contributed by atoms with van der Waals surface area (Å²) in [5, 5.41) is 18.1. The molecule has 2 saturated carbocycles. The van der Waals surface area contributed by atoms with Crippen molar-refractivity contribution in [1.82, 2.24) is 51.5 Å². The molecule has 0 spiro atoms. The minimum atomic E-state index is -0.883. The highest BCUT2D eigenvalue weighted by molar-refractivity contribution is 5.99. The van der Waals surface area contributed by atoms with Gasteiger partial charge in [-0.1, -0.05) is 123 Å². The Hall–Kier alpha value is -7.44. The van der Waals surface area contributed by atoms with Crippen molar-refractivity contribution in [3.63, 3.8) is 0 Å². The van der Waals surface area contributed by atoms with Gasteiger partial charge in [-0.2, -0.15) is 0 Å². The van der Waals surface area contributed by atoms with Gasteiger partial charge in [0.2, 0.25) is 35.4 Å². The monoisotopic (exact) mass is 1200 g/mol. The second-order valence-electron chi connectivity index (χ2n) is 25.0. The van der Waals surface area contributed by atoms with Crippen molar-refractivity contribution >= 4 is 47.3 Å². The second-order valence-corrected chi connectivity index (χ2v) is 25.0. The molecule has 2 aliphatic heterocycles. The van der Waals surface area contributed by atoms with E-state index in [-0.39, 0.29) is 59.4 Å². The molecule has 0 bridgehead atoms. The van der Waals surface area contributed by atoms with Gasteiger partial charge in [0, 0.05) is 62.5 Å². The van der Waals surface area contributed by atoms with E-state index in [0.29, 0.717) is 76.1 Å². The van der Waals surface area contributed by atoms with E-state index in [1.54, 1.807) is 75.9 Å². The van der Waals surface area contributed by atoms with Crippen molar-refractivity contribution in [2.45, 2.75) is 179 Å². The lowest BCUT2D eigenvalue weighted by Gasteiger charge is -2.37. The van der Waals surface area contributed by atoms with Gasteiger partial charge >= 0.3 is 0 Å². The number of amides is 8. The zero-order valence-electron chi connectivity index (χ0n) is 52.8. The fourth-order valence-electron chi connectivity index (χ4n) is 13.3. The van der Waals surface area contributed by atoms with E-state index >= 15 is 0 Å².